The lowest BCUT2D eigenvalue weighted by molar-refractivity contribution is 0.386. The van der Waals surface area contributed by atoms with Crippen LogP contribution in [0.2, 0.25) is 0 Å². The SMILES string of the molecule is CCC(C)(CC(C)c1ccc(C)cc1)c1cccc(C(C)(C)N=C=O)c1. The van der Waals surface area contributed by atoms with Gasteiger partial charge in [0.25, 0.3) is 0 Å². The first-order valence-electron chi connectivity index (χ1n) is 9.48. The van der Waals surface area contributed by atoms with Crippen LogP contribution < -0.4 is 0 Å². The lowest BCUT2D eigenvalue weighted by Crippen LogP contribution is -2.24. The summed E-state index contributed by atoms with van der Waals surface area (Å²) < 4.78 is 0. The maximum Gasteiger partial charge on any atom is 0.235 e. The summed E-state index contributed by atoms with van der Waals surface area (Å²) >= 11 is 0. The summed E-state index contributed by atoms with van der Waals surface area (Å²) in [5.41, 5.74) is 4.57. The predicted octanol–water partition coefficient (Wildman–Crippen LogP) is 6.43. The summed E-state index contributed by atoms with van der Waals surface area (Å²) in [7, 11) is 0. The highest BCUT2D eigenvalue weighted by Crippen LogP contribution is 2.39. The van der Waals surface area contributed by atoms with Crippen molar-refractivity contribution in [3.05, 3.63) is 70.8 Å². The van der Waals surface area contributed by atoms with Crippen LogP contribution in [0, 0.1) is 6.92 Å². The average molecular weight is 350 g/mol. The van der Waals surface area contributed by atoms with Crippen molar-refractivity contribution in [2.45, 2.75) is 71.3 Å². The number of isocyanates is 1. The molecule has 0 N–H and O–H groups in total. The van der Waals surface area contributed by atoms with E-state index in [1.165, 1.54) is 16.7 Å². The number of carbonyl (C=O) groups excluding carboxylic acids is 1. The van der Waals surface area contributed by atoms with Gasteiger partial charge in [0.2, 0.25) is 6.08 Å². The van der Waals surface area contributed by atoms with Gasteiger partial charge in [0, 0.05) is 0 Å². The number of benzene rings is 2. The minimum atomic E-state index is -0.547. The van der Waals surface area contributed by atoms with Crippen molar-refractivity contribution in [1.82, 2.24) is 0 Å². The van der Waals surface area contributed by atoms with Gasteiger partial charge in [-0.25, -0.2) is 4.79 Å². The van der Waals surface area contributed by atoms with Gasteiger partial charge >= 0.3 is 0 Å². The van der Waals surface area contributed by atoms with Gasteiger partial charge < -0.3 is 0 Å². The molecule has 2 rings (SSSR count). The van der Waals surface area contributed by atoms with Crippen LogP contribution in [0.1, 0.15) is 75.6 Å². The van der Waals surface area contributed by atoms with Crippen molar-refractivity contribution in [3.63, 3.8) is 0 Å². The van der Waals surface area contributed by atoms with Crippen LogP contribution in [0.5, 0.6) is 0 Å². The summed E-state index contributed by atoms with van der Waals surface area (Å²) in [6.07, 6.45) is 3.85. The molecule has 26 heavy (non-hydrogen) atoms. The van der Waals surface area contributed by atoms with E-state index in [9.17, 15) is 4.79 Å². The van der Waals surface area contributed by atoms with Gasteiger partial charge in [0.15, 0.2) is 0 Å². The fraction of sp³-hybridized carbons (Fsp3) is 0.458. The third kappa shape index (κ3) is 4.51. The smallest absolute Gasteiger partial charge is 0.211 e. The Bertz CT molecular complexity index is 784. The zero-order valence-electron chi connectivity index (χ0n) is 17.0. The molecule has 0 aliphatic heterocycles. The Morgan fingerprint density at radius 1 is 1.04 bits per heavy atom. The zero-order valence-corrected chi connectivity index (χ0v) is 17.0. The number of aryl methyl sites for hydroxylation is 1. The van der Waals surface area contributed by atoms with Crippen molar-refractivity contribution in [3.8, 4) is 0 Å². The van der Waals surface area contributed by atoms with Gasteiger partial charge in [0.05, 0.1) is 5.54 Å². The van der Waals surface area contributed by atoms with Crippen molar-refractivity contribution in [2.75, 3.05) is 0 Å². The van der Waals surface area contributed by atoms with Crippen molar-refractivity contribution < 1.29 is 4.79 Å². The van der Waals surface area contributed by atoms with E-state index >= 15 is 0 Å². The molecule has 2 nitrogen and oxygen atoms in total. The monoisotopic (exact) mass is 349 g/mol. The zero-order chi connectivity index (χ0) is 19.4. The third-order valence-electron chi connectivity index (χ3n) is 5.77. The van der Waals surface area contributed by atoms with Gasteiger partial charge in [-0.3, -0.25) is 0 Å². The number of hydrogen-bond acceptors (Lipinski definition) is 2. The fourth-order valence-corrected chi connectivity index (χ4v) is 3.61. The van der Waals surface area contributed by atoms with E-state index in [1.807, 2.05) is 19.9 Å². The maximum atomic E-state index is 10.8. The molecule has 2 aromatic carbocycles. The van der Waals surface area contributed by atoms with Crippen molar-refractivity contribution in [2.24, 2.45) is 4.99 Å². The van der Waals surface area contributed by atoms with Crippen LogP contribution in [-0.2, 0) is 15.7 Å². The summed E-state index contributed by atoms with van der Waals surface area (Å²) in [6.45, 7) is 12.9. The van der Waals surface area contributed by atoms with Crippen LogP contribution in [0.4, 0.5) is 0 Å². The van der Waals surface area contributed by atoms with E-state index < -0.39 is 5.54 Å². The van der Waals surface area contributed by atoms with Gasteiger partial charge in [0.1, 0.15) is 0 Å². The van der Waals surface area contributed by atoms with Crippen LogP contribution in [0.25, 0.3) is 0 Å². The highest BCUT2D eigenvalue weighted by atomic mass is 16.1. The minimum absolute atomic E-state index is 0.0707. The van der Waals surface area contributed by atoms with Crippen molar-refractivity contribution in [1.29, 1.82) is 0 Å². The molecular weight excluding hydrogens is 318 g/mol. The van der Waals surface area contributed by atoms with Crippen LogP contribution in [-0.4, -0.2) is 6.08 Å². The Kier molecular flexibility index (Phi) is 6.21. The fourth-order valence-electron chi connectivity index (χ4n) is 3.61. The number of aliphatic imine (C=N–C) groups is 1. The standard InChI is InChI=1S/C24H31NO/c1-7-24(6,16-19(3)20-13-11-18(2)12-14-20)22-10-8-9-21(15-22)23(4,5)25-17-26/h8-15,19H,7,16H2,1-6H3. The van der Waals surface area contributed by atoms with E-state index in [0.717, 1.165) is 18.4 Å². The largest absolute Gasteiger partial charge is 0.235 e. The lowest BCUT2D eigenvalue weighted by Gasteiger charge is -2.33. The molecule has 2 atom stereocenters. The molecule has 0 saturated heterocycles. The molecule has 0 spiro atoms. The molecule has 2 unspecified atom stereocenters. The minimum Gasteiger partial charge on any atom is -0.211 e. The average Bonchev–Trinajstić information content (AvgIpc) is 2.62. The lowest BCUT2D eigenvalue weighted by atomic mass is 9.71. The van der Waals surface area contributed by atoms with Crippen molar-refractivity contribution >= 4 is 6.08 Å². The second-order valence-corrected chi connectivity index (χ2v) is 8.27. The molecule has 0 radical (unpaired) electrons. The Hall–Kier alpha value is -2.18. The highest BCUT2D eigenvalue weighted by Gasteiger charge is 2.29. The summed E-state index contributed by atoms with van der Waals surface area (Å²) in [5.74, 6) is 0.477. The molecule has 0 amide bonds. The summed E-state index contributed by atoms with van der Waals surface area (Å²) in [6, 6.07) is 17.4. The highest BCUT2D eigenvalue weighted by molar-refractivity contribution is 5.39. The van der Waals surface area contributed by atoms with Crippen LogP contribution >= 0.6 is 0 Å². The van der Waals surface area contributed by atoms with Crippen LogP contribution in [0.15, 0.2) is 53.5 Å². The van der Waals surface area contributed by atoms with Crippen LogP contribution in [0.3, 0.4) is 0 Å². The molecule has 2 aromatic rings. The molecule has 0 aliphatic carbocycles. The first-order chi connectivity index (χ1) is 12.2. The molecule has 0 aliphatic rings. The Balaban J connectivity index is 2.33. The Labute approximate surface area is 158 Å². The molecule has 0 bridgehead atoms. The van der Waals surface area contributed by atoms with E-state index in [4.69, 9.17) is 0 Å². The topological polar surface area (TPSA) is 29.4 Å². The molecule has 0 heterocycles. The van der Waals surface area contributed by atoms with Gasteiger partial charge in [-0.1, -0.05) is 74.9 Å². The first kappa shape index (κ1) is 20.1. The molecule has 138 valence electrons. The molecule has 0 fully saturated rings. The first-order valence-corrected chi connectivity index (χ1v) is 9.48. The Morgan fingerprint density at radius 2 is 1.65 bits per heavy atom. The maximum absolute atomic E-state index is 10.8. The molecule has 0 saturated carbocycles. The quantitative estimate of drug-likeness (QED) is 0.418. The van der Waals surface area contributed by atoms with E-state index in [0.29, 0.717) is 5.92 Å². The third-order valence-corrected chi connectivity index (χ3v) is 5.77. The summed E-state index contributed by atoms with van der Waals surface area (Å²) in [5, 5.41) is 0. The van der Waals surface area contributed by atoms with Gasteiger partial charge in [-0.15, -0.1) is 0 Å². The van der Waals surface area contributed by atoms with E-state index in [-0.39, 0.29) is 5.41 Å². The number of nitrogens with zero attached hydrogens (tertiary/aromatic N) is 1. The van der Waals surface area contributed by atoms with E-state index in [2.05, 4.69) is 75.2 Å². The molecule has 0 aromatic heterocycles. The second-order valence-electron chi connectivity index (χ2n) is 8.27. The Morgan fingerprint density at radius 3 is 2.23 bits per heavy atom. The number of hydrogen-bond donors (Lipinski definition) is 0. The normalized spacial score (nSPS) is 15.0. The second kappa shape index (κ2) is 8.01. The van der Waals surface area contributed by atoms with E-state index in [1.54, 1.807) is 6.08 Å². The summed E-state index contributed by atoms with van der Waals surface area (Å²) in [4.78, 5) is 14.8. The van der Waals surface area contributed by atoms with Gasteiger partial charge in [-0.05, 0) is 61.6 Å². The van der Waals surface area contributed by atoms with Gasteiger partial charge in [-0.2, -0.15) is 4.99 Å². The number of rotatable bonds is 7. The molecular formula is C24H31NO. The predicted molar refractivity (Wildman–Crippen MR) is 109 cm³/mol. The molecule has 2 heteroatoms.